The van der Waals surface area contributed by atoms with Crippen molar-refractivity contribution in [2.45, 2.75) is 57.1 Å². The van der Waals surface area contributed by atoms with Crippen LogP contribution in [0.15, 0.2) is 18.2 Å². The summed E-state index contributed by atoms with van der Waals surface area (Å²) in [6.07, 6.45) is 5.99. The van der Waals surface area contributed by atoms with Crippen LogP contribution in [0.2, 0.25) is 0 Å². The normalized spacial score (nSPS) is 19.8. The second-order valence-electron chi connectivity index (χ2n) is 7.57. The average molecular weight is 387 g/mol. The molecule has 1 saturated heterocycles. The van der Waals surface area contributed by atoms with Crippen molar-refractivity contribution in [3.05, 3.63) is 35.2 Å². The van der Waals surface area contributed by atoms with Crippen molar-refractivity contribution in [2.24, 2.45) is 0 Å². The molecule has 7 nitrogen and oxygen atoms in total. The third kappa shape index (κ3) is 4.57. The summed E-state index contributed by atoms with van der Waals surface area (Å²) in [5.41, 5.74) is 2.00. The molecule has 0 spiro atoms. The molecule has 1 aliphatic heterocycles. The van der Waals surface area contributed by atoms with Crippen LogP contribution in [-0.4, -0.2) is 48.4 Å². The number of ether oxygens (including phenoxy) is 2. The van der Waals surface area contributed by atoms with Crippen LogP contribution in [0.5, 0.6) is 11.5 Å². The first-order valence-electron chi connectivity index (χ1n) is 10.1. The quantitative estimate of drug-likeness (QED) is 0.427. The maximum Gasteiger partial charge on any atom is 0.260 e. The molecule has 1 aromatic rings. The largest absolute Gasteiger partial charge is 0.490 e. The van der Waals surface area contributed by atoms with Gasteiger partial charge in [0.2, 0.25) is 0 Å². The molecule has 0 aromatic heterocycles. The minimum atomic E-state index is -0.620. The fourth-order valence-electron chi connectivity index (χ4n) is 4.13. The number of nitrogens with zero attached hydrogens (tertiary/aromatic N) is 2. The third-order valence-corrected chi connectivity index (χ3v) is 5.77. The topological polar surface area (TPSA) is 75.4 Å². The molecule has 0 atom stereocenters. The number of piperidine rings is 1. The Morgan fingerprint density at radius 2 is 2.04 bits per heavy atom. The van der Waals surface area contributed by atoms with Gasteiger partial charge < -0.3 is 14.3 Å². The molecule has 1 aromatic carbocycles. The van der Waals surface area contributed by atoms with Crippen molar-refractivity contribution in [1.82, 2.24) is 10.4 Å². The molecule has 1 aliphatic carbocycles. The number of hydrogen-bond acceptors (Lipinski definition) is 5. The first kappa shape index (κ1) is 20.4. The number of rotatable bonds is 7. The number of benzene rings is 1. The zero-order valence-corrected chi connectivity index (χ0v) is 16.4. The van der Waals surface area contributed by atoms with Crippen LogP contribution >= 0.6 is 0 Å². The van der Waals surface area contributed by atoms with Crippen LogP contribution < -0.4 is 15.0 Å². The first-order chi connectivity index (χ1) is 13.6. The Morgan fingerprint density at radius 3 is 2.64 bits per heavy atom. The molecular weight excluding hydrogens is 358 g/mol. The van der Waals surface area contributed by atoms with Gasteiger partial charge in [-0.1, -0.05) is 0 Å². The van der Waals surface area contributed by atoms with E-state index in [1.807, 2.05) is 30.0 Å². The van der Waals surface area contributed by atoms with Gasteiger partial charge >= 0.3 is 0 Å². The summed E-state index contributed by atoms with van der Waals surface area (Å²) in [5.74, 6) is 1.04. The fraction of sp³-hybridized carbons (Fsp3) is 0.619. The minimum Gasteiger partial charge on any atom is -0.490 e. The van der Waals surface area contributed by atoms with Gasteiger partial charge in [0.05, 0.1) is 19.3 Å². The third-order valence-electron chi connectivity index (χ3n) is 5.77. The van der Waals surface area contributed by atoms with E-state index < -0.39 is 11.4 Å². The Bertz CT molecular complexity index is 717. The number of amides is 1. The number of carbonyl (C=O) groups excluding carboxylic acids is 1. The summed E-state index contributed by atoms with van der Waals surface area (Å²) in [4.78, 5) is 17.4. The van der Waals surface area contributed by atoms with Gasteiger partial charge in [-0.25, -0.2) is 12.1 Å². The molecule has 2 N–H and O–H groups in total. The van der Waals surface area contributed by atoms with E-state index in [0.29, 0.717) is 32.5 Å². The molecule has 2 aliphatic rings. The molecular formula is C21H29N3O4. The van der Waals surface area contributed by atoms with E-state index in [1.165, 1.54) is 12.8 Å². The number of carbonyl (C=O) groups is 1. The molecule has 3 rings (SSSR count). The Labute approximate surface area is 166 Å². The molecule has 7 heteroatoms. The predicted molar refractivity (Wildman–Crippen MR) is 104 cm³/mol. The van der Waals surface area contributed by atoms with E-state index in [9.17, 15) is 4.79 Å². The zero-order chi connectivity index (χ0) is 20.0. The molecule has 1 heterocycles. The van der Waals surface area contributed by atoms with Gasteiger partial charge in [-0.3, -0.25) is 14.9 Å². The van der Waals surface area contributed by atoms with Gasteiger partial charge in [-0.2, -0.15) is 0 Å². The summed E-state index contributed by atoms with van der Waals surface area (Å²) in [5, 5.41) is 8.71. The van der Waals surface area contributed by atoms with Crippen LogP contribution in [0.25, 0.3) is 4.85 Å². The van der Waals surface area contributed by atoms with E-state index in [1.54, 1.807) is 5.48 Å². The van der Waals surface area contributed by atoms with E-state index in [0.717, 1.165) is 29.9 Å². The molecule has 2 fully saturated rings. The highest BCUT2D eigenvalue weighted by atomic mass is 16.5. The predicted octanol–water partition coefficient (Wildman–Crippen LogP) is 3.12. The second kappa shape index (κ2) is 9.26. The Kier molecular flexibility index (Phi) is 6.76. The smallest absolute Gasteiger partial charge is 0.260 e. The van der Waals surface area contributed by atoms with Crippen molar-refractivity contribution < 1.29 is 19.5 Å². The van der Waals surface area contributed by atoms with Crippen molar-refractivity contribution in [3.8, 4) is 11.5 Å². The number of hydrogen-bond donors (Lipinski definition) is 2. The molecule has 0 unspecified atom stereocenters. The Balaban J connectivity index is 1.78. The minimum absolute atomic E-state index is 0.143. The van der Waals surface area contributed by atoms with E-state index in [2.05, 4.69) is 4.85 Å². The summed E-state index contributed by atoms with van der Waals surface area (Å²) in [7, 11) is 0. The molecule has 152 valence electrons. The molecule has 1 saturated carbocycles. The lowest BCUT2D eigenvalue weighted by Crippen LogP contribution is -2.44. The second-order valence-corrected chi connectivity index (χ2v) is 7.57. The van der Waals surface area contributed by atoms with Crippen LogP contribution in [0.1, 0.15) is 51.0 Å². The Morgan fingerprint density at radius 1 is 1.32 bits per heavy atom. The van der Waals surface area contributed by atoms with Gasteiger partial charge in [0.25, 0.3) is 11.4 Å². The van der Waals surface area contributed by atoms with Crippen LogP contribution in [0, 0.1) is 6.57 Å². The standard InChI is InChI=1S/C21H29N3O4/c1-3-27-18-9-8-16(14-19(18)28-17-6-4-5-7-17)21(22-2)10-12-24(13-11-21)15-20(25)23-26/h8-9,14,17,26H,3-7,10-13,15H2,1H3,(H,23,25). The van der Waals surface area contributed by atoms with E-state index >= 15 is 0 Å². The maximum absolute atomic E-state index is 11.4. The highest BCUT2D eigenvalue weighted by Gasteiger charge is 2.43. The highest BCUT2D eigenvalue weighted by Crippen LogP contribution is 2.41. The van der Waals surface area contributed by atoms with Gasteiger partial charge in [-0.15, -0.1) is 0 Å². The number of nitrogens with one attached hydrogen (secondary N) is 1. The zero-order valence-electron chi connectivity index (χ0n) is 16.4. The van der Waals surface area contributed by atoms with Crippen LogP contribution in [0.4, 0.5) is 0 Å². The van der Waals surface area contributed by atoms with E-state index in [4.69, 9.17) is 21.3 Å². The van der Waals surface area contributed by atoms with Gasteiger partial charge in [0, 0.05) is 31.5 Å². The summed E-state index contributed by atoms with van der Waals surface area (Å²) < 4.78 is 12.0. The number of likely N-dealkylation sites (tertiary alicyclic amines) is 1. The molecule has 0 bridgehead atoms. The number of hydroxylamine groups is 1. The molecule has 28 heavy (non-hydrogen) atoms. The van der Waals surface area contributed by atoms with Gasteiger partial charge in [0.1, 0.15) is 0 Å². The van der Waals surface area contributed by atoms with Crippen molar-refractivity contribution >= 4 is 5.91 Å². The lowest BCUT2D eigenvalue weighted by Gasteiger charge is -2.34. The van der Waals surface area contributed by atoms with Crippen molar-refractivity contribution in [1.29, 1.82) is 0 Å². The SMILES string of the molecule is [C-]#[N+]C1(c2ccc(OCC)c(OC3CCCC3)c2)CCN(CC(=O)NO)CC1. The lowest BCUT2D eigenvalue weighted by molar-refractivity contribution is -0.130. The monoisotopic (exact) mass is 387 g/mol. The van der Waals surface area contributed by atoms with Gasteiger partial charge in [0.15, 0.2) is 11.5 Å². The van der Waals surface area contributed by atoms with E-state index in [-0.39, 0.29) is 12.6 Å². The van der Waals surface area contributed by atoms with Crippen LogP contribution in [0.3, 0.4) is 0 Å². The first-order valence-corrected chi connectivity index (χ1v) is 10.1. The fourth-order valence-corrected chi connectivity index (χ4v) is 4.13. The average Bonchev–Trinajstić information content (AvgIpc) is 3.23. The Hall–Kier alpha value is -2.30. The highest BCUT2D eigenvalue weighted by molar-refractivity contribution is 5.76. The molecule has 0 radical (unpaired) electrons. The molecule has 1 amide bonds. The van der Waals surface area contributed by atoms with Crippen molar-refractivity contribution in [2.75, 3.05) is 26.2 Å². The maximum atomic E-state index is 11.4. The van der Waals surface area contributed by atoms with Crippen molar-refractivity contribution in [3.63, 3.8) is 0 Å². The summed E-state index contributed by atoms with van der Waals surface area (Å²) in [6.45, 7) is 11.8. The van der Waals surface area contributed by atoms with Gasteiger partial charge in [-0.05, 0) is 50.8 Å². The summed E-state index contributed by atoms with van der Waals surface area (Å²) >= 11 is 0. The lowest BCUT2D eigenvalue weighted by atomic mass is 9.81. The summed E-state index contributed by atoms with van der Waals surface area (Å²) in [6, 6.07) is 5.87. The van der Waals surface area contributed by atoms with Crippen LogP contribution in [-0.2, 0) is 10.3 Å².